The number of Topliss-reactive ketones (excluding diaryl/α,β-unsaturated/α-hetero) is 1. The first-order valence-electron chi connectivity index (χ1n) is 8.66. The van der Waals surface area contributed by atoms with Crippen molar-refractivity contribution in [2.75, 3.05) is 26.2 Å². The smallest absolute Gasteiger partial charge is 0.290 e. The van der Waals surface area contributed by atoms with Gasteiger partial charge in [-0.1, -0.05) is 19.9 Å². The summed E-state index contributed by atoms with van der Waals surface area (Å²) in [7, 11) is 0. The van der Waals surface area contributed by atoms with Crippen molar-refractivity contribution in [1.82, 2.24) is 9.80 Å². The van der Waals surface area contributed by atoms with E-state index in [4.69, 9.17) is 4.42 Å². The minimum Gasteiger partial charge on any atom is -0.503 e. The van der Waals surface area contributed by atoms with Gasteiger partial charge in [0, 0.05) is 18.0 Å². The lowest BCUT2D eigenvalue weighted by atomic mass is 10.0. The van der Waals surface area contributed by atoms with Gasteiger partial charge in [-0.2, -0.15) is 0 Å². The second-order valence-corrected chi connectivity index (χ2v) is 6.99. The van der Waals surface area contributed by atoms with Gasteiger partial charge in [-0.05, 0) is 36.7 Å². The molecule has 1 aliphatic rings. The molecule has 26 heavy (non-hydrogen) atoms. The number of aliphatic hydroxyl groups excluding tert-OH is 1. The molecule has 0 bridgehead atoms. The van der Waals surface area contributed by atoms with Crippen LogP contribution in [-0.2, 0) is 4.79 Å². The van der Waals surface area contributed by atoms with Crippen LogP contribution in [0.4, 0.5) is 0 Å². The molecule has 1 amide bonds. The van der Waals surface area contributed by atoms with Gasteiger partial charge in [0.05, 0.1) is 17.9 Å². The molecule has 7 heteroatoms. The van der Waals surface area contributed by atoms with E-state index in [1.165, 1.54) is 23.7 Å². The van der Waals surface area contributed by atoms with Crippen LogP contribution in [0, 0.1) is 0 Å². The summed E-state index contributed by atoms with van der Waals surface area (Å²) in [5.41, 5.74) is 0.0898. The Hall–Kier alpha value is -2.38. The first kappa shape index (κ1) is 18.4. The number of hydrogen-bond donors (Lipinski definition) is 1. The van der Waals surface area contributed by atoms with Gasteiger partial charge < -0.3 is 19.3 Å². The lowest BCUT2D eigenvalue weighted by Crippen LogP contribution is -2.38. The summed E-state index contributed by atoms with van der Waals surface area (Å²) in [5.74, 6) is -1.33. The highest BCUT2D eigenvalue weighted by Gasteiger charge is 2.44. The topological polar surface area (TPSA) is 74.0 Å². The lowest BCUT2D eigenvalue weighted by Gasteiger charge is -2.28. The summed E-state index contributed by atoms with van der Waals surface area (Å²) in [6, 6.07) is 6.31. The van der Waals surface area contributed by atoms with Crippen molar-refractivity contribution in [3.05, 3.63) is 57.9 Å². The number of likely N-dealkylation sites (N-methyl/N-ethyl adjacent to an activating group) is 1. The first-order chi connectivity index (χ1) is 12.6. The number of nitrogens with zero attached hydrogens (tertiary/aromatic N) is 2. The summed E-state index contributed by atoms with van der Waals surface area (Å²) in [6.45, 7) is 6.99. The van der Waals surface area contributed by atoms with E-state index >= 15 is 0 Å². The fourth-order valence-electron chi connectivity index (χ4n) is 3.19. The minimum atomic E-state index is -0.587. The van der Waals surface area contributed by atoms with Gasteiger partial charge >= 0.3 is 0 Å². The van der Waals surface area contributed by atoms with Crippen molar-refractivity contribution in [1.29, 1.82) is 0 Å². The van der Waals surface area contributed by atoms with Crippen LogP contribution in [0.3, 0.4) is 0 Å². The monoisotopic (exact) mass is 374 g/mol. The maximum atomic E-state index is 12.9. The molecule has 3 rings (SSSR count). The minimum absolute atomic E-state index is 0.0898. The number of aliphatic hydroxyl groups is 1. The van der Waals surface area contributed by atoms with Crippen molar-refractivity contribution in [3.63, 3.8) is 0 Å². The van der Waals surface area contributed by atoms with Crippen LogP contribution in [0.5, 0.6) is 0 Å². The maximum Gasteiger partial charge on any atom is 0.290 e. The van der Waals surface area contributed by atoms with Crippen LogP contribution >= 0.6 is 11.3 Å². The molecular weight excluding hydrogens is 352 g/mol. The Morgan fingerprint density at radius 2 is 2.08 bits per heavy atom. The van der Waals surface area contributed by atoms with Gasteiger partial charge in [-0.3, -0.25) is 9.59 Å². The normalized spacial score (nSPS) is 17.6. The van der Waals surface area contributed by atoms with E-state index in [1.807, 2.05) is 17.5 Å². The van der Waals surface area contributed by atoms with Crippen LogP contribution in [0.15, 0.2) is 51.7 Å². The number of rotatable bonds is 8. The fourth-order valence-corrected chi connectivity index (χ4v) is 4.03. The fraction of sp³-hybridized carbons (Fsp3) is 0.368. The molecule has 0 aromatic carbocycles. The second-order valence-electron chi connectivity index (χ2n) is 6.01. The molecule has 2 aromatic heterocycles. The van der Waals surface area contributed by atoms with Gasteiger partial charge in [0.25, 0.3) is 5.91 Å². The van der Waals surface area contributed by atoms with Gasteiger partial charge in [0.15, 0.2) is 11.5 Å². The van der Waals surface area contributed by atoms with Crippen molar-refractivity contribution in [2.45, 2.75) is 19.9 Å². The highest BCUT2D eigenvalue weighted by Crippen LogP contribution is 2.40. The molecule has 0 fully saturated rings. The van der Waals surface area contributed by atoms with E-state index in [9.17, 15) is 14.7 Å². The van der Waals surface area contributed by atoms with Crippen LogP contribution < -0.4 is 0 Å². The summed E-state index contributed by atoms with van der Waals surface area (Å²) >= 11 is 1.46. The quantitative estimate of drug-likeness (QED) is 0.718. The van der Waals surface area contributed by atoms with E-state index < -0.39 is 23.5 Å². The molecule has 138 valence electrons. The number of amides is 1. The predicted octanol–water partition coefficient (Wildman–Crippen LogP) is 3.26. The average molecular weight is 374 g/mol. The van der Waals surface area contributed by atoms with E-state index in [1.54, 1.807) is 11.0 Å². The predicted molar refractivity (Wildman–Crippen MR) is 99.3 cm³/mol. The van der Waals surface area contributed by atoms with Gasteiger partial charge in [0.2, 0.25) is 5.78 Å². The van der Waals surface area contributed by atoms with Crippen molar-refractivity contribution >= 4 is 23.0 Å². The number of carbonyl (C=O) groups is 2. The van der Waals surface area contributed by atoms with E-state index in [-0.39, 0.29) is 11.3 Å². The number of furan rings is 1. The van der Waals surface area contributed by atoms with Crippen LogP contribution in [0.25, 0.3) is 0 Å². The highest BCUT2D eigenvalue weighted by atomic mass is 32.1. The standard InChI is InChI=1S/C19H22N2O4S/c1-3-20(4-2)9-10-21-16(14-8-6-12-26-14)15(18(23)19(21)24)17(22)13-7-5-11-25-13/h5-8,11-12,16,23H,3-4,9-10H2,1-2H3/t16-/m1/s1. The van der Waals surface area contributed by atoms with Crippen molar-refractivity contribution in [2.24, 2.45) is 0 Å². The Morgan fingerprint density at radius 1 is 1.31 bits per heavy atom. The molecule has 0 spiro atoms. The summed E-state index contributed by atoms with van der Waals surface area (Å²) in [6.07, 6.45) is 1.40. The molecule has 0 unspecified atom stereocenters. The zero-order valence-electron chi connectivity index (χ0n) is 14.8. The number of ketones is 1. The van der Waals surface area contributed by atoms with Gasteiger partial charge in [-0.15, -0.1) is 11.3 Å². The summed E-state index contributed by atoms with van der Waals surface area (Å²) < 4.78 is 5.20. The Labute approximate surface area is 156 Å². The largest absolute Gasteiger partial charge is 0.503 e. The van der Waals surface area contributed by atoms with Crippen LogP contribution in [-0.4, -0.2) is 52.8 Å². The van der Waals surface area contributed by atoms with Crippen molar-refractivity contribution in [3.8, 4) is 0 Å². The molecule has 0 radical (unpaired) electrons. The average Bonchev–Trinajstić information content (AvgIpc) is 3.39. The van der Waals surface area contributed by atoms with E-state index in [0.717, 1.165) is 18.0 Å². The Balaban J connectivity index is 1.94. The van der Waals surface area contributed by atoms with Crippen molar-refractivity contribution < 1.29 is 19.1 Å². The summed E-state index contributed by atoms with van der Waals surface area (Å²) in [5, 5.41) is 12.4. The van der Waals surface area contributed by atoms with Crippen LogP contribution in [0.2, 0.25) is 0 Å². The third-order valence-electron chi connectivity index (χ3n) is 4.66. The third kappa shape index (κ3) is 3.32. The molecule has 1 atom stereocenters. The van der Waals surface area contributed by atoms with E-state index in [0.29, 0.717) is 13.1 Å². The SMILES string of the molecule is CCN(CC)CCN1C(=O)C(O)=C(C(=O)c2ccco2)[C@H]1c1cccs1. The Bertz CT molecular complexity index is 792. The maximum absolute atomic E-state index is 12.9. The molecule has 0 saturated carbocycles. The Morgan fingerprint density at radius 3 is 2.65 bits per heavy atom. The molecule has 1 N–H and O–H groups in total. The molecule has 1 aliphatic heterocycles. The molecule has 0 saturated heterocycles. The number of hydrogen-bond acceptors (Lipinski definition) is 6. The Kier molecular flexibility index (Phi) is 5.58. The second kappa shape index (κ2) is 7.88. The third-order valence-corrected chi connectivity index (χ3v) is 5.58. The molecule has 6 nitrogen and oxygen atoms in total. The van der Waals surface area contributed by atoms with E-state index in [2.05, 4.69) is 18.7 Å². The zero-order valence-corrected chi connectivity index (χ0v) is 15.7. The first-order valence-corrected chi connectivity index (χ1v) is 9.54. The lowest BCUT2D eigenvalue weighted by molar-refractivity contribution is -0.129. The number of thiophene rings is 1. The molecule has 0 aliphatic carbocycles. The molecule has 2 aromatic rings. The number of carbonyl (C=O) groups excluding carboxylic acids is 2. The van der Waals surface area contributed by atoms with Crippen LogP contribution in [0.1, 0.15) is 35.3 Å². The molecule has 3 heterocycles. The van der Waals surface area contributed by atoms with Gasteiger partial charge in [-0.25, -0.2) is 0 Å². The summed E-state index contributed by atoms with van der Waals surface area (Å²) in [4.78, 5) is 30.2. The molecular formula is C19H22N2O4S. The van der Waals surface area contributed by atoms with Gasteiger partial charge in [0.1, 0.15) is 0 Å². The zero-order chi connectivity index (χ0) is 18.7. The highest BCUT2D eigenvalue weighted by molar-refractivity contribution is 7.10.